The quantitative estimate of drug-likeness (QED) is 0.796. The molecule has 0 saturated heterocycles. The van der Waals surface area contributed by atoms with Crippen LogP contribution in [-0.4, -0.2) is 19.9 Å². The molecule has 1 aromatic rings. The Morgan fingerprint density at radius 2 is 1.79 bits per heavy atom. The Kier molecular flexibility index (Phi) is 3.26. The van der Waals surface area contributed by atoms with Crippen molar-refractivity contribution in [3.05, 3.63) is 11.6 Å². The van der Waals surface area contributed by atoms with E-state index >= 15 is 0 Å². The summed E-state index contributed by atoms with van der Waals surface area (Å²) in [6, 6.07) is 0. The number of nitrogens with zero attached hydrogens (tertiary/aromatic N) is 3. The Labute approximate surface area is 85.0 Å². The molecule has 1 heterocycles. The van der Waals surface area contributed by atoms with Gasteiger partial charge in [-0.1, -0.05) is 20.8 Å². The average Bonchev–Trinajstić information content (AvgIpc) is 2.43. The highest BCUT2D eigenvalue weighted by molar-refractivity contribution is 4.97. The molecule has 1 rings (SSSR count). The SMILES string of the molecule is CCn1c(CO)nnc1CC(C)(C)C. The van der Waals surface area contributed by atoms with Crippen molar-refractivity contribution in [2.24, 2.45) is 5.41 Å². The van der Waals surface area contributed by atoms with Gasteiger partial charge >= 0.3 is 0 Å². The van der Waals surface area contributed by atoms with Crippen LogP contribution in [0.15, 0.2) is 0 Å². The molecule has 4 heteroatoms. The molecule has 0 bridgehead atoms. The summed E-state index contributed by atoms with van der Waals surface area (Å²) in [5.41, 5.74) is 0.201. The maximum absolute atomic E-state index is 9.04. The fourth-order valence-corrected chi connectivity index (χ4v) is 1.46. The third-order valence-corrected chi connectivity index (χ3v) is 2.05. The van der Waals surface area contributed by atoms with Gasteiger partial charge in [-0.05, 0) is 12.3 Å². The lowest BCUT2D eigenvalue weighted by Crippen LogP contribution is -2.15. The highest BCUT2D eigenvalue weighted by Gasteiger charge is 2.17. The second-order valence-electron chi connectivity index (χ2n) is 4.67. The second-order valence-corrected chi connectivity index (χ2v) is 4.67. The minimum Gasteiger partial charge on any atom is -0.388 e. The smallest absolute Gasteiger partial charge is 0.158 e. The molecule has 0 saturated carbocycles. The highest BCUT2D eigenvalue weighted by atomic mass is 16.3. The summed E-state index contributed by atoms with van der Waals surface area (Å²) in [7, 11) is 0. The molecule has 0 spiro atoms. The van der Waals surface area contributed by atoms with Gasteiger partial charge in [0.25, 0.3) is 0 Å². The lowest BCUT2D eigenvalue weighted by molar-refractivity contribution is 0.264. The summed E-state index contributed by atoms with van der Waals surface area (Å²) in [5.74, 6) is 1.62. The van der Waals surface area contributed by atoms with Gasteiger partial charge in [0.15, 0.2) is 5.82 Å². The standard InChI is InChI=1S/C10H19N3O/c1-5-13-8(6-10(2,3)4)11-12-9(13)7-14/h14H,5-7H2,1-4H3. The summed E-state index contributed by atoms with van der Waals surface area (Å²) < 4.78 is 1.98. The van der Waals surface area contributed by atoms with Crippen molar-refractivity contribution >= 4 is 0 Å². The number of aliphatic hydroxyl groups excluding tert-OH is 1. The summed E-state index contributed by atoms with van der Waals surface area (Å²) in [5, 5.41) is 17.1. The minimum absolute atomic E-state index is 0.0367. The Hall–Kier alpha value is -0.900. The molecular formula is C10H19N3O. The van der Waals surface area contributed by atoms with E-state index in [9.17, 15) is 0 Å². The Balaban J connectivity index is 2.92. The van der Waals surface area contributed by atoms with E-state index in [0.717, 1.165) is 18.8 Å². The van der Waals surface area contributed by atoms with Gasteiger partial charge in [0.1, 0.15) is 12.4 Å². The molecule has 0 aromatic carbocycles. The predicted molar refractivity (Wildman–Crippen MR) is 54.8 cm³/mol. The average molecular weight is 197 g/mol. The van der Waals surface area contributed by atoms with Crippen LogP contribution in [0.25, 0.3) is 0 Å². The van der Waals surface area contributed by atoms with Gasteiger partial charge in [0, 0.05) is 13.0 Å². The van der Waals surface area contributed by atoms with Crippen molar-refractivity contribution in [2.45, 2.75) is 47.3 Å². The summed E-state index contributed by atoms with van der Waals surface area (Å²) in [6.45, 7) is 9.31. The third-order valence-electron chi connectivity index (χ3n) is 2.05. The van der Waals surface area contributed by atoms with Gasteiger partial charge in [-0.2, -0.15) is 0 Å². The number of rotatable bonds is 3. The van der Waals surface area contributed by atoms with Gasteiger partial charge < -0.3 is 9.67 Å². The molecule has 0 aliphatic carbocycles. The fourth-order valence-electron chi connectivity index (χ4n) is 1.46. The first-order valence-electron chi connectivity index (χ1n) is 4.99. The van der Waals surface area contributed by atoms with E-state index in [4.69, 9.17) is 5.11 Å². The lowest BCUT2D eigenvalue weighted by atomic mass is 9.92. The van der Waals surface area contributed by atoms with Crippen LogP contribution in [0.4, 0.5) is 0 Å². The van der Waals surface area contributed by atoms with Crippen LogP contribution in [-0.2, 0) is 19.6 Å². The third kappa shape index (κ3) is 2.54. The molecule has 4 nitrogen and oxygen atoms in total. The normalized spacial score (nSPS) is 12.1. The van der Waals surface area contributed by atoms with E-state index < -0.39 is 0 Å². The zero-order valence-corrected chi connectivity index (χ0v) is 9.41. The molecule has 1 aromatic heterocycles. The van der Waals surface area contributed by atoms with E-state index in [0.29, 0.717) is 5.82 Å². The van der Waals surface area contributed by atoms with Gasteiger partial charge in [-0.3, -0.25) is 0 Å². The van der Waals surface area contributed by atoms with E-state index in [1.807, 2.05) is 11.5 Å². The monoisotopic (exact) mass is 197 g/mol. The summed E-state index contributed by atoms with van der Waals surface area (Å²) in [4.78, 5) is 0. The van der Waals surface area contributed by atoms with Gasteiger partial charge in [0.2, 0.25) is 0 Å². The molecule has 0 aliphatic heterocycles. The summed E-state index contributed by atoms with van der Waals surface area (Å²) >= 11 is 0. The maximum Gasteiger partial charge on any atom is 0.158 e. The van der Waals surface area contributed by atoms with Crippen LogP contribution in [0.1, 0.15) is 39.3 Å². The zero-order valence-electron chi connectivity index (χ0n) is 9.41. The first-order valence-corrected chi connectivity index (χ1v) is 4.99. The first-order chi connectivity index (χ1) is 6.48. The van der Waals surface area contributed by atoms with Crippen LogP contribution >= 0.6 is 0 Å². The highest BCUT2D eigenvalue weighted by Crippen LogP contribution is 2.19. The van der Waals surface area contributed by atoms with Crippen molar-refractivity contribution in [1.29, 1.82) is 0 Å². The van der Waals surface area contributed by atoms with Crippen molar-refractivity contribution in [3.63, 3.8) is 0 Å². The zero-order chi connectivity index (χ0) is 10.8. The fraction of sp³-hybridized carbons (Fsp3) is 0.800. The number of aromatic nitrogens is 3. The Bertz CT molecular complexity index is 299. The molecule has 0 unspecified atom stereocenters. The van der Waals surface area contributed by atoms with Gasteiger partial charge in [-0.15, -0.1) is 10.2 Å². The van der Waals surface area contributed by atoms with Crippen LogP contribution < -0.4 is 0 Å². The Morgan fingerprint density at radius 1 is 1.21 bits per heavy atom. The van der Waals surface area contributed by atoms with Crippen LogP contribution in [0, 0.1) is 5.41 Å². The largest absolute Gasteiger partial charge is 0.388 e. The lowest BCUT2D eigenvalue weighted by Gasteiger charge is -2.17. The van der Waals surface area contributed by atoms with Gasteiger partial charge in [-0.25, -0.2) is 0 Å². The predicted octanol–water partition coefficient (Wildman–Crippen LogP) is 1.38. The first kappa shape index (κ1) is 11.2. The van der Waals surface area contributed by atoms with Crippen LogP contribution in [0.5, 0.6) is 0 Å². The number of hydrogen-bond acceptors (Lipinski definition) is 3. The molecule has 0 atom stereocenters. The molecule has 80 valence electrons. The molecule has 0 fully saturated rings. The molecule has 0 amide bonds. The molecular weight excluding hydrogens is 178 g/mol. The van der Waals surface area contributed by atoms with Crippen LogP contribution in [0.2, 0.25) is 0 Å². The number of hydrogen-bond donors (Lipinski definition) is 1. The van der Waals surface area contributed by atoms with Gasteiger partial charge in [0.05, 0.1) is 0 Å². The molecule has 0 radical (unpaired) electrons. The Morgan fingerprint density at radius 3 is 2.21 bits per heavy atom. The van der Waals surface area contributed by atoms with Crippen molar-refractivity contribution in [3.8, 4) is 0 Å². The van der Waals surface area contributed by atoms with Crippen molar-refractivity contribution in [1.82, 2.24) is 14.8 Å². The molecule has 0 aliphatic rings. The van der Waals surface area contributed by atoms with E-state index in [-0.39, 0.29) is 12.0 Å². The summed E-state index contributed by atoms with van der Waals surface area (Å²) in [6.07, 6.45) is 0.883. The van der Waals surface area contributed by atoms with Crippen LogP contribution in [0.3, 0.4) is 0 Å². The van der Waals surface area contributed by atoms with E-state index in [1.165, 1.54) is 0 Å². The van der Waals surface area contributed by atoms with E-state index in [2.05, 4.69) is 31.0 Å². The minimum atomic E-state index is -0.0367. The van der Waals surface area contributed by atoms with Crippen molar-refractivity contribution in [2.75, 3.05) is 0 Å². The topological polar surface area (TPSA) is 50.9 Å². The molecule has 14 heavy (non-hydrogen) atoms. The second kappa shape index (κ2) is 4.09. The molecule has 1 N–H and O–H groups in total. The van der Waals surface area contributed by atoms with Crippen molar-refractivity contribution < 1.29 is 5.11 Å². The van der Waals surface area contributed by atoms with E-state index in [1.54, 1.807) is 0 Å². The number of aliphatic hydroxyl groups is 1. The maximum atomic E-state index is 9.04.